The molecule has 0 radical (unpaired) electrons. The maximum Gasteiger partial charge on any atom is 0.261 e. The van der Waals surface area contributed by atoms with E-state index in [1.165, 1.54) is 4.90 Å². The molecule has 0 spiro atoms. The fraction of sp³-hybridized carbons (Fsp3) is 0.429. The van der Waals surface area contributed by atoms with Crippen LogP contribution in [0.2, 0.25) is 0 Å². The predicted octanol–water partition coefficient (Wildman–Crippen LogP) is 2.57. The number of hydrogen-bond donors (Lipinski definition) is 0. The Hall–Kier alpha value is -1.64. The molecule has 0 aromatic heterocycles. The summed E-state index contributed by atoms with van der Waals surface area (Å²) >= 11 is 0. The van der Waals surface area contributed by atoms with E-state index in [1.54, 1.807) is 24.3 Å². The van der Waals surface area contributed by atoms with E-state index in [9.17, 15) is 9.59 Å². The summed E-state index contributed by atoms with van der Waals surface area (Å²) in [6.45, 7) is 6.77. The zero-order chi connectivity index (χ0) is 12.6. The van der Waals surface area contributed by atoms with E-state index in [0.29, 0.717) is 29.5 Å². The standard InChI is InChI=1S/C14H17NO2/c1-9(2)10(3)8-15-13(16)11-6-4-5-7-12(11)14(15)17/h4-7,9-10H,8H2,1-3H3/t10-/m0/s1. The van der Waals surface area contributed by atoms with Gasteiger partial charge in [-0.2, -0.15) is 0 Å². The van der Waals surface area contributed by atoms with Crippen LogP contribution in [0.4, 0.5) is 0 Å². The number of nitrogens with zero attached hydrogens (tertiary/aromatic N) is 1. The summed E-state index contributed by atoms with van der Waals surface area (Å²) in [5.41, 5.74) is 1.07. The van der Waals surface area contributed by atoms with E-state index in [1.807, 2.05) is 0 Å². The van der Waals surface area contributed by atoms with Gasteiger partial charge in [0.05, 0.1) is 11.1 Å². The zero-order valence-electron chi connectivity index (χ0n) is 10.4. The van der Waals surface area contributed by atoms with Crippen molar-refractivity contribution in [1.29, 1.82) is 0 Å². The Morgan fingerprint density at radius 2 is 1.47 bits per heavy atom. The Morgan fingerprint density at radius 1 is 1.00 bits per heavy atom. The summed E-state index contributed by atoms with van der Waals surface area (Å²) in [5, 5.41) is 0. The highest BCUT2D eigenvalue weighted by Gasteiger charge is 2.35. The minimum atomic E-state index is -0.155. The maximum absolute atomic E-state index is 12.1. The first kappa shape index (κ1) is 11.8. The van der Waals surface area contributed by atoms with Crippen molar-refractivity contribution in [2.75, 3.05) is 6.54 Å². The van der Waals surface area contributed by atoms with Crippen LogP contribution in [0.3, 0.4) is 0 Å². The summed E-state index contributed by atoms with van der Waals surface area (Å²) in [6, 6.07) is 7.02. The van der Waals surface area contributed by atoms with Crippen LogP contribution >= 0.6 is 0 Å². The van der Waals surface area contributed by atoms with E-state index < -0.39 is 0 Å². The van der Waals surface area contributed by atoms with Gasteiger partial charge in [-0.15, -0.1) is 0 Å². The first-order valence-corrected chi connectivity index (χ1v) is 5.97. The number of rotatable bonds is 3. The number of fused-ring (bicyclic) bond motifs is 1. The molecule has 3 nitrogen and oxygen atoms in total. The quantitative estimate of drug-likeness (QED) is 0.750. The molecule has 1 atom stereocenters. The van der Waals surface area contributed by atoms with Gasteiger partial charge in [-0.25, -0.2) is 0 Å². The molecule has 0 saturated heterocycles. The monoisotopic (exact) mass is 231 g/mol. The normalized spacial score (nSPS) is 16.6. The summed E-state index contributed by atoms with van der Waals surface area (Å²) in [6.07, 6.45) is 0. The number of hydrogen-bond acceptors (Lipinski definition) is 2. The van der Waals surface area contributed by atoms with Gasteiger partial charge < -0.3 is 0 Å². The molecule has 3 heteroatoms. The van der Waals surface area contributed by atoms with Crippen LogP contribution in [0.25, 0.3) is 0 Å². The second-order valence-corrected chi connectivity index (χ2v) is 4.99. The molecule has 1 aromatic rings. The van der Waals surface area contributed by atoms with Gasteiger partial charge in [0.1, 0.15) is 0 Å². The molecule has 17 heavy (non-hydrogen) atoms. The van der Waals surface area contributed by atoms with Crippen LogP contribution in [0.1, 0.15) is 41.5 Å². The Morgan fingerprint density at radius 3 is 1.88 bits per heavy atom. The maximum atomic E-state index is 12.1. The van der Waals surface area contributed by atoms with Gasteiger partial charge in [-0.1, -0.05) is 32.9 Å². The lowest BCUT2D eigenvalue weighted by Gasteiger charge is -2.21. The van der Waals surface area contributed by atoms with Gasteiger partial charge in [0.15, 0.2) is 0 Å². The second kappa shape index (κ2) is 4.32. The molecule has 0 aliphatic carbocycles. The molecule has 0 N–H and O–H groups in total. The summed E-state index contributed by atoms with van der Waals surface area (Å²) < 4.78 is 0. The smallest absolute Gasteiger partial charge is 0.261 e. The summed E-state index contributed by atoms with van der Waals surface area (Å²) in [5.74, 6) is 0.465. The lowest BCUT2D eigenvalue weighted by molar-refractivity contribution is 0.0621. The number of benzene rings is 1. The molecule has 2 rings (SSSR count). The lowest BCUT2D eigenvalue weighted by atomic mass is 9.98. The third-order valence-corrected chi connectivity index (χ3v) is 3.49. The molecule has 90 valence electrons. The van der Waals surface area contributed by atoms with Crippen molar-refractivity contribution < 1.29 is 9.59 Å². The number of imide groups is 1. The largest absolute Gasteiger partial charge is 0.274 e. The van der Waals surface area contributed by atoms with Crippen LogP contribution in [0, 0.1) is 11.8 Å². The van der Waals surface area contributed by atoms with Crippen molar-refractivity contribution >= 4 is 11.8 Å². The Labute approximate surface area is 101 Å². The van der Waals surface area contributed by atoms with Gasteiger partial charge in [0.25, 0.3) is 11.8 Å². The topological polar surface area (TPSA) is 37.4 Å². The fourth-order valence-electron chi connectivity index (χ4n) is 1.90. The van der Waals surface area contributed by atoms with E-state index in [-0.39, 0.29) is 11.8 Å². The van der Waals surface area contributed by atoms with Crippen LogP contribution in [-0.2, 0) is 0 Å². The first-order chi connectivity index (χ1) is 8.02. The molecular weight excluding hydrogens is 214 g/mol. The van der Waals surface area contributed by atoms with Gasteiger partial charge >= 0.3 is 0 Å². The highest BCUT2D eigenvalue weighted by molar-refractivity contribution is 6.21. The molecule has 0 saturated carbocycles. The average Bonchev–Trinajstić information content (AvgIpc) is 2.55. The molecule has 1 heterocycles. The Bertz CT molecular complexity index is 430. The highest BCUT2D eigenvalue weighted by atomic mass is 16.2. The van der Waals surface area contributed by atoms with Crippen LogP contribution < -0.4 is 0 Å². The summed E-state index contributed by atoms with van der Waals surface area (Å²) in [7, 11) is 0. The van der Waals surface area contributed by atoms with Gasteiger partial charge in [0, 0.05) is 6.54 Å². The minimum Gasteiger partial charge on any atom is -0.274 e. The van der Waals surface area contributed by atoms with Crippen LogP contribution in [-0.4, -0.2) is 23.3 Å². The Kier molecular flexibility index (Phi) is 3.01. The average molecular weight is 231 g/mol. The van der Waals surface area contributed by atoms with Crippen molar-refractivity contribution in [3.63, 3.8) is 0 Å². The molecule has 1 aliphatic heterocycles. The summed E-state index contributed by atoms with van der Waals surface area (Å²) in [4.78, 5) is 25.5. The van der Waals surface area contributed by atoms with Crippen molar-refractivity contribution in [2.24, 2.45) is 11.8 Å². The molecular formula is C14H17NO2. The second-order valence-electron chi connectivity index (χ2n) is 4.99. The molecule has 0 unspecified atom stereocenters. The first-order valence-electron chi connectivity index (χ1n) is 5.97. The van der Waals surface area contributed by atoms with E-state index in [0.717, 1.165) is 0 Å². The van der Waals surface area contributed by atoms with Gasteiger partial charge in [-0.3, -0.25) is 14.5 Å². The zero-order valence-corrected chi connectivity index (χ0v) is 10.4. The third-order valence-electron chi connectivity index (χ3n) is 3.49. The molecule has 0 bridgehead atoms. The molecule has 1 aromatic carbocycles. The lowest BCUT2D eigenvalue weighted by Crippen LogP contribution is -2.35. The van der Waals surface area contributed by atoms with Crippen molar-refractivity contribution in [1.82, 2.24) is 4.90 Å². The third kappa shape index (κ3) is 1.97. The molecule has 0 fully saturated rings. The number of carbonyl (C=O) groups excluding carboxylic acids is 2. The number of amides is 2. The van der Waals surface area contributed by atoms with Crippen molar-refractivity contribution in [3.8, 4) is 0 Å². The van der Waals surface area contributed by atoms with E-state index in [2.05, 4.69) is 20.8 Å². The Balaban J connectivity index is 2.25. The van der Waals surface area contributed by atoms with E-state index >= 15 is 0 Å². The fourth-order valence-corrected chi connectivity index (χ4v) is 1.90. The van der Waals surface area contributed by atoms with Crippen LogP contribution in [0.5, 0.6) is 0 Å². The van der Waals surface area contributed by atoms with Crippen LogP contribution in [0.15, 0.2) is 24.3 Å². The molecule has 2 amide bonds. The number of carbonyl (C=O) groups is 2. The SMILES string of the molecule is CC(C)[C@@H](C)CN1C(=O)c2ccccc2C1=O. The molecule has 1 aliphatic rings. The van der Waals surface area contributed by atoms with Crippen molar-refractivity contribution in [3.05, 3.63) is 35.4 Å². The van der Waals surface area contributed by atoms with Gasteiger partial charge in [0.2, 0.25) is 0 Å². The highest BCUT2D eigenvalue weighted by Crippen LogP contribution is 2.24. The van der Waals surface area contributed by atoms with E-state index in [4.69, 9.17) is 0 Å². The van der Waals surface area contributed by atoms with Crippen molar-refractivity contribution in [2.45, 2.75) is 20.8 Å². The minimum absolute atomic E-state index is 0.155. The predicted molar refractivity (Wildman–Crippen MR) is 65.8 cm³/mol. The van der Waals surface area contributed by atoms with Gasteiger partial charge in [-0.05, 0) is 24.0 Å².